The van der Waals surface area contributed by atoms with Gasteiger partial charge in [0.25, 0.3) is 5.91 Å². The van der Waals surface area contributed by atoms with Crippen LogP contribution < -0.4 is 25.2 Å². The van der Waals surface area contributed by atoms with Crippen molar-refractivity contribution in [2.45, 2.75) is 89.0 Å². The molecular formula is C57H58F3N9O6S. The minimum atomic E-state index is -4.81. The Labute approximate surface area is 441 Å². The fraction of sp³-hybridized carbons (Fsp3) is 0.386. The summed E-state index contributed by atoms with van der Waals surface area (Å²) < 4.78 is 53.6. The zero-order valence-corrected chi connectivity index (χ0v) is 42.9. The van der Waals surface area contributed by atoms with Gasteiger partial charge in [-0.2, -0.15) is 18.3 Å². The number of imide groups is 1. The molecule has 1 aliphatic carbocycles. The van der Waals surface area contributed by atoms with Crippen molar-refractivity contribution >= 4 is 72.8 Å². The lowest BCUT2D eigenvalue weighted by Crippen LogP contribution is -2.46. The molecule has 6 heterocycles. The van der Waals surface area contributed by atoms with E-state index in [0.717, 1.165) is 122 Å². The Balaban J connectivity index is 0.662. The summed E-state index contributed by atoms with van der Waals surface area (Å²) in [7, 11) is 1.89. The van der Waals surface area contributed by atoms with Crippen molar-refractivity contribution in [3.05, 3.63) is 125 Å². The average molecular weight is 1050 g/mol. The van der Waals surface area contributed by atoms with E-state index in [-0.39, 0.29) is 53.1 Å². The average Bonchev–Trinajstić information content (AvgIpc) is 4.02. The standard InChI is InChI=1S/C57H58F3N9O6S/c1-66-47-31-36(14-18-42(47)51(65-66)43-21-23-50(70)63-54(43)72)68-29-27-67(28-30-68)25-5-4-7-34-12-15-37(16-13-34)75-38-17-19-39(45(32-38)57(58,59)60)40-20-22-49(62-52(40)55(73)74)69-26-24-35-8-6-9-41(44(35)33-69)53(71)64-56-61-46-10-2-3-11-48(46)76-56/h2-3,6,8-11,14,17-20,22,31-32,34,37,43H,4-5,7,12-13,15-16,21,23-30,33H2,1H3,(H,73,74)(H,61,64,71)(H,63,70,72). The highest BCUT2D eigenvalue weighted by Gasteiger charge is 2.37. The van der Waals surface area contributed by atoms with Crippen molar-refractivity contribution in [2.24, 2.45) is 13.0 Å². The predicted octanol–water partition coefficient (Wildman–Crippen LogP) is 10.2. The van der Waals surface area contributed by atoms with Gasteiger partial charge in [-0.15, -0.1) is 0 Å². The number of ether oxygens (including phenoxy) is 1. The van der Waals surface area contributed by atoms with Gasteiger partial charge in [0.15, 0.2) is 10.8 Å². The molecule has 1 saturated carbocycles. The van der Waals surface area contributed by atoms with Crippen molar-refractivity contribution in [3.63, 3.8) is 0 Å². The highest BCUT2D eigenvalue weighted by Crippen LogP contribution is 2.42. The number of nitrogens with zero attached hydrogens (tertiary/aromatic N) is 7. The summed E-state index contributed by atoms with van der Waals surface area (Å²) >= 11 is 1.37. The number of unbranched alkanes of at least 4 members (excludes halogenated alkanes) is 1. The topological polar surface area (TPSA) is 175 Å². The van der Waals surface area contributed by atoms with Crippen LogP contribution in [-0.4, -0.2) is 98.8 Å². The first-order valence-corrected chi connectivity index (χ1v) is 27.0. The molecule has 0 bridgehead atoms. The van der Waals surface area contributed by atoms with Crippen molar-refractivity contribution < 1.29 is 42.2 Å². The summed E-state index contributed by atoms with van der Waals surface area (Å²) in [4.78, 5) is 66.4. The molecule has 3 N–H and O–H groups in total. The molecule has 0 spiro atoms. The number of hydrogen-bond donors (Lipinski definition) is 3. The van der Waals surface area contributed by atoms with Gasteiger partial charge in [-0.1, -0.05) is 54.5 Å². The lowest BCUT2D eigenvalue weighted by atomic mass is 9.84. The van der Waals surface area contributed by atoms with Gasteiger partial charge < -0.3 is 19.6 Å². The molecule has 4 aromatic carbocycles. The number of benzene rings is 4. The molecule has 3 amide bonds. The predicted molar refractivity (Wildman–Crippen MR) is 285 cm³/mol. The molecule has 394 valence electrons. The number of thiazole rings is 1. The Hall–Kier alpha value is -7.38. The Morgan fingerprint density at radius 2 is 1.64 bits per heavy atom. The Morgan fingerprint density at radius 3 is 2.42 bits per heavy atom. The second-order valence-corrected chi connectivity index (χ2v) is 21.5. The van der Waals surface area contributed by atoms with Crippen LogP contribution in [0.25, 0.3) is 32.2 Å². The summed E-state index contributed by atoms with van der Waals surface area (Å²) in [6.45, 7) is 5.44. The molecule has 3 fully saturated rings. The lowest BCUT2D eigenvalue weighted by molar-refractivity contribution is -0.137. The van der Waals surface area contributed by atoms with Crippen LogP contribution in [0.4, 0.5) is 29.8 Å². The van der Waals surface area contributed by atoms with Crippen molar-refractivity contribution in [1.29, 1.82) is 0 Å². The van der Waals surface area contributed by atoms with Gasteiger partial charge in [0.2, 0.25) is 11.8 Å². The van der Waals surface area contributed by atoms with E-state index in [0.29, 0.717) is 48.1 Å². The van der Waals surface area contributed by atoms with Crippen LogP contribution in [-0.2, 0) is 35.8 Å². The molecular weight excluding hydrogens is 996 g/mol. The number of piperidine rings is 1. The zero-order chi connectivity index (χ0) is 52.7. The number of carboxylic acid groups (broad SMARTS) is 1. The molecule has 1 unspecified atom stereocenters. The van der Waals surface area contributed by atoms with Gasteiger partial charge in [0, 0.05) is 74.9 Å². The summed E-state index contributed by atoms with van der Waals surface area (Å²) in [6.07, 6.45) is 2.92. The van der Waals surface area contributed by atoms with Gasteiger partial charge in [-0.25, -0.2) is 14.8 Å². The normalized spacial score (nSPS) is 19.4. The van der Waals surface area contributed by atoms with Crippen LogP contribution in [0.2, 0.25) is 0 Å². The first kappa shape index (κ1) is 50.8. The second kappa shape index (κ2) is 21.3. The monoisotopic (exact) mass is 1050 g/mol. The minimum absolute atomic E-state index is 0.0903. The Morgan fingerprint density at radius 1 is 0.842 bits per heavy atom. The van der Waals surface area contributed by atoms with Crippen LogP contribution in [0.5, 0.6) is 5.75 Å². The number of piperazine rings is 1. The van der Waals surface area contributed by atoms with Crippen molar-refractivity contribution in [3.8, 4) is 16.9 Å². The lowest BCUT2D eigenvalue weighted by Gasteiger charge is -2.36. The molecule has 76 heavy (non-hydrogen) atoms. The number of aromatic carboxylic acids is 1. The number of rotatable bonds is 14. The number of carbonyl (C=O) groups excluding carboxylic acids is 3. The maximum Gasteiger partial charge on any atom is 0.417 e. The number of hydrogen-bond acceptors (Lipinski definition) is 12. The quantitative estimate of drug-likeness (QED) is 0.0696. The minimum Gasteiger partial charge on any atom is -0.490 e. The highest BCUT2D eigenvalue weighted by molar-refractivity contribution is 7.22. The fourth-order valence-corrected chi connectivity index (χ4v) is 12.4. The molecule has 11 rings (SSSR count). The number of nitrogens with one attached hydrogen (secondary N) is 2. The number of fused-ring (bicyclic) bond motifs is 3. The third-order valence-electron chi connectivity index (χ3n) is 15.6. The molecule has 15 nitrogen and oxygen atoms in total. The van der Waals surface area contributed by atoms with Crippen LogP contribution in [0, 0.1) is 5.92 Å². The summed E-state index contributed by atoms with van der Waals surface area (Å²) in [5.41, 5.74) is 3.77. The number of pyridine rings is 1. The maximum atomic E-state index is 14.9. The summed E-state index contributed by atoms with van der Waals surface area (Å²) in [6, 6.07) is 26.1. The number of anilines is 3. The zero-order valence-electron chi connectivity index (χ0n) is 42.1. The van der Waals surface area contributed by atoms with Crippen LogP contribution in [0.3, 0.4) is 0 Å². The number of halogens is 3. The summed E-state index contributed by atoms with van der Waals surface area (Å²) in [5.74, 6) is -1.86. The first-order valence-electron chi connectivity index (χ1n) is 26.2. The number of carbonyl (C=O) groups is 4. The number of aryl methyl sites for hydroxylation is 1. The molecule has 3 aliphatic heterocycles. The number of carboxylic acids is 1. The van der Waals surface area contributed by atoms with E-state index < -0.39 is 29.3 Å². The molecule has 0 radical (unpaired) electrons. The second-order valence-electron chi connectivity index (χ2n) is 20.4. The van der Waals surface area contributed by atoms with Gasteiger partial charge in [0.1, 0.15) is 11.6 Å². The van der Waals surface area contributed by atoms with E-state index in [9.17, 15) is 37.5 Å². The van der Waals surface area contributed by atoms with Crippen LogP contribution in [0.15, 0.2) is 91.0 Å². The smallest absolute Gasteiger partial charge is 0.417 e. The van der Waals surface area contributed by atoms with E-state index in [4.69, 9.17) is 9.84 Å². The number of aromatic nitrogens is 4. The fourth-order valence-electron chi connectivity index (χ4n) is 11.6. The molecule has 7 aromatic rings. The molecule has 2 saturated heterocycles. The molecule has 19 heteroatoms. The Bertz CT molecular complexity index is 3330. The molecule has 1 atom stereocenters. The molecule has 3 aromatic heterocycles. The van der Waals surface area contributed by atoms with E-state index in [2.05, 4.69) is 42.5 Å². The van der Waals surface area contributed by atoms with Gasteiger partial charge in [-0.3, -0.25) is 34.6 Å². The van der Waals surface area contributed by atoms with Crippen molar-refractivity contribution in [2.75, 3.05) is 54.4 Å². The molecule has 4 aliphatic rings. The van der Waals surface area contributed by atoms with Gasteiger partial charge in [0.05, 0.1) is 39.0 Å². The SMILES string of the molecule is Cn1nc(C2CCC(=O)NC2=O)c2ccc(N3CCN(CCCCC4CCC(Oc5ccc(-c6ccc(N7CCc8cccc(C(=O)Nc9nc%10ccccc%10s9)c8C7)nc6C(=O)O)c(C(F)(F)F)c5)CC4)CC3)cc21. The highest BCUT2D eigenvalue weighted by atomic mass is 32.1. The largest absolute Gasteiger partial charge is 0.490 e. The number of alkyl halides is 3. The van der Waals surface area contributed by atoms with Gasteiger partial charge >= 0.3 is 12.1 Å². The van der Waals surface area contributed by atoms with E-state index in [1.165, 1.54) is 35.6 Å². The van der Waals surface area contributed by atoms with E-state index in [1.54, 1.807) is 6.07 Å². The number of amides is 3. The Kier molecular flexibility index (Phi) is 14.2. The van der Waals surface area contributed by atoms with E-state index in [1.807, 2.05) is 59.1 Å². The number of para-hydroxylation sites is 1. The van der Waals surface area contributed by atoms with E-state index >= 15 is 0 Å². The third kappa shape index (κ3) is 10.7. The summed E-state index contributed by atoms with van der Waals surface area (Å²) in [5, 5.41) is 21.8. The van der Waals surface area contributed by atoms with Crippen molar-refractivity contribution in [1.82, 2.24) is 30.0 Å². The van der Waals surface area contributed by atoms with Gasteiger partial charge in [-0.05, 0) is 135 Å². The third-order valence-corrected chi connectivity index (χ3v) is 16.6. The van der Waals surface area contributed by atoms with Crippen LogP contribution in [0.1, 0.15) is 107 Å². The maximum absolute atomic E-state index is 14.9. The first-order chi connectivity index (χ1) is 36.7. The van der Waals surface area contributed by atoms with Crippen LogP contribution >= 0.6 is 11.3 Å².